The molecule has 21 heavy (non-hydrogen) atoms. The molecule has 2 rings (SSSR count). The largest absolute Gasteiger partial charge is 0.496 e. The van der Waals surface area contributed by atoms with Gasteiger partial charge >= 0.3 is 5.97 Å². The number of carbonyl (C=O) groups excluding carboxylic acids is 1. The van der Waals surface area contributed by atoms with Gasteiger partial charge in [-0.25, -0.2) is 4.79 Å². The van der Waals surface area contributed by atoms with Crippen LogP contribution in [0.15, 0.2) is 18.2 Å². The summed E-state index contributed by atoms with van der Waals surface area (Å²) in [5, 5.41) is 0. The highest BCUT2D eigenvalue weighted by Crippen LogP contribution is 2.21. The lowest BCUT2D eigenvalue weighted by atomic mass is 10.1. The van der Waals surface area contributed by atoms with Gasteiger partial charge in [-0.1, -0.05) is 6.07 Å². The van der Waals surface area contributed by atoms with Crippen molar-refractivity contribution in [2.45, 2.75) is 19.2 Å². The van der Waals surface area contributed by atoms with Gasteiger partial charge in [0, 0.05) is 31.7 Å². The van der Waals surface area contributed by atoms with Crippen molar-refractivity contribution in [3.05, 3.63) is 29.3 Å². The second kappa shape index (κ2) is 7.40. The minimum Gasteiger partial charge on any atom is -0.496 e. The fraction of sp³-hybridized carbons (Fsp3) is 0.533. The number of nitrogens with two attached hydrogens (primary N) is 1. The van der Waals surface area contributed by atoms with Gasteiger partial charge < -0.3 is 19.9 Å². The summed E-state index contributed by atoms with van der Waals surface area (Å²) in [6.45, 7) is 3.03. The minimum absolute atomic E-state index is 0.322. The maximum atomic E-state index is 11.5. The summed E-state index contributed by atoms with van der Waals surface area (Å²) < 4.78 is 15.4. The Balaban J connectivity index is 2.02. The summed E-state index contributed by atoms with van der Waals surface area (Å²) in [7, 11) is 3.01. The number of ether oxygens (including phenoxy) is 3. The lowest BCUT2D eigenvalue weighted by Gasteiger charge is -2.31. The van der Waals surface area contributed by atoms with E-state index < -0.39 is 6.10 Å². The van der Waals surface area contributed by atoms with Crippen LogP contribution in [0.25, 0.3) is 0 Å². The summed E-state index contributed by atoms with van der Waals surface area (Å²) in [6.07, 6.45) is -0.504. The van der Waals surface area contributed by atoms with E-state index in [1.54, 1.807) is 7.11 Å². The molecule has 0 aliphatic carbocycles. The van der Waals surface area contributed by atoms with E-state index in [1.807, 2.05) is 18.2 Å². The van der Waals surface area contributed by atoms with E-state index in [9.17, 15) is 4.79 Å². The summed E-state index contributed by atoms with van der Waals surface area (Å²) in [4.78, 5) is 13.7. The van der Waals surface area contributed by atoms with Gasteiger partial charge in [-0.3, -0.25) is 4.90 Å². The van der Waals surface area contributed by atoms with Crippen LogP contribution < -0.4 is 10.5 Å². The van der Waals surface area contributed by atoms with Crippen LogP contribution in [0.1, 0.15) is 11.1 Å². The van der Waals surface area contributed by atoms with Crippen LogP contribution in [0.5, 0.6) is 5.75 Å². The summed E-state index contributed by atoms with van der Waals surface area (Å²) in [5.41, 5.74) is 7.85. The number of morpholine rings is 1. The lowest BCUT2D eigenvalue weighted by Crippen LogP contribution is -2.46. The number of esters is 1. The SMILES string of the molecule is COC(=O)C1CN(Cc2ccc(OC)c(CN)c2)CCO1. The molecule has 0 amide bonds. The normalized spacial score (nSPS) is 19.3. The third kappa shape index (κ3) is 3.93. The van der Waals surface area contributed by atoms with Gasteiger partial charge in [0.05, 0.1) is 20.8 Å². The van der Waals surface area contributed by atoms with E-state index >= 15 is 0 Å². The van der Waals surface area contributed by atoms with E-state index in [4.69, 9.17) is 19.9 Å². The van der Waals surface area contributed by atoms with Crippen LogP contribution in [0.3, 0.4) is 0 Å². The predicted octanol–water partition coefficient (Wildman–Crippen LogP) is 0.528. The highest BCUT2D eigenvalue weighted by molar-refractivity contribution is 5.74. The second-order valence-electron chi connectivity index (χ2n) is 4.97. The molecule has 1 saturated heterocycles. The molecule has 0 aromatic heterocycles. The van der Waals surface area contributed by atoms with Crippen LogP contribution in [0, 0.1) is 0 Å². The molecule has 0 saturated carbocycles. The smallest absolute Gasteiger partial charge is 0.336 e. The number of carbonyl (C=O) groups is 1. The molecule has 0 radical (unpaired) electrons. The van der Waals surface area contributed by atoms with Gasteiger partial charge in [0.1, 0.15) is 5.75 Å². The van der Waals surface area contributed by atoms with Crippen LogP contribution in [-0.2, 0) is 27.4 Å². The molecule has 0 bridgehead atoms. The first-order valence-electron chi connectivity index (χ1n) is 6.95. The van der Waals surface area contributed by atoms with E-state index in [-0.39, 0.29) is 5.97 Å². The standard InChI is InChI=1S/C15H22N2O4/c1-19-13-4-3-11(7-12(13)8-16)9-17-5-6-21-14(10-17)15(18)20-2/h3-4,7,14H,5-6,8-10,16H2,1-2H3. The average Bonchev–Trinajstić information content (AvgIpc) is 2.54. The third-order valence-electron chi connectivity index (χ3n) is 3.59. The fourth-order valence-corrected chi connectivity index (χ4v) is 2.47. The third-order valence-corrected chi connectivity index (χ3v) is 3.59. The number of hydrogen-bond acceptors (Lipinski definition) is 6. The highest BCUT2D eigenvalue weighted by Gasteiger charge is 2.27. The van der Waals surface area contributed by atoms with Crippen molar-refractivity contribution < 1.29 is 19.0 Å². The van der Waals surface area contributed by atoms with Crippen molar-refractivity contribution in [3.8, 4) is 5.75 Å². The Morgan fingerprint density at radius 2 is 2.29 bits per heavy atom. The Kier molecular flexibility index (Phi) is 5.55. The minimum atomic E-state index is -0.504. The first-order valence-corrected chi connectivity index (χ1v) is 6.95. The zero-order chi connectivity index (χ0) is 15.2. The molecule has 2 N–H and O–H groups in total. The maximum Gasteiger partial charge on any atom is 0.336 e. The van der Waals surface area contributed by atoms with Crippen molar-refractivity contribution >= 4 is 5.97 Å². The van der Waals surface area contributed by atoms with Gasteiger partial charge in [-0.2, -0.15) is 0 Å². The molecular formula is C15H22N2O4. The van der Waals surface area contributed by atoms with Gasteiger partial charge in [0.15, 0.2) is 6.10 Å². The molecule has 1 aromatic carbocycles. The molecule has 1 heterocycles. The summed E-state index contributed by atoms with van der Waals surface area (Å²) >= 11 is 0. The van der Waals surface area contributed by atoms with Crippen LogP contribution in [-0.4, -0.2) is 50.9 Å². The molecule has 1 aromatic rings. The molecule has 1 aliphatic heterocycles. The van der Waals surface area contributed by atoms with Gasteiger partial charge in [-0.05, 0) is 17.7 Å². The predicted molar refractivity (Wildman–Crippen MR) is 77.9 cm³/mol. The molecular weight excluding hydrogens is 272 g/mol. The zero-order valence-electron chi connectivity index (χ0n) is 12.5. The van der Waals surface area contributed by atoms with Gasteiger partial charge in [-0.15, -0.1) is 0 Å². The molecule has 6 nitrogen and oxygen atoms in total. The molecule has 1 atom stereocenters. The highest BCUT2D eigenvalue weighted by atomic mass is 16.6. The number of nitrogens with zero attached hydrogens (tertiary/aromatic N) is 1. The van der Waals surface area contributed by atoms with Crippen LogP contribution in [0.2, 0.25) is 0 Å². The first kappa shape index (κ1) is 15.8. The van der Waals surface area contributed by atoms with Crippen molar-refractivity contribution in [1.82, 2.24) is 4.90 Å². The topological polar surface area (TPSA) is 74.0 Å². The first-order chi connectivity index (χ1) is 10.2. The Labute approximate surface area is 124 Å². The van der Waals surface area contributed by atoms with E-state index in [2.05, 4.69) is 4.90 Å². The average molecular weight is 294 g/mol. The van der Waals surface area contributed by atoms with E-state index in [1.165, 1.54) is 7.11 Å². The zero-order valence-corrected chi connectivity index (χ0v) is 12.5. The van der Waals surface area contributed by atoms with Crippen molar-refractivity contribution in [1.29, 1.82) is 0 Å². The molecule has 1 aliphatic rings. The van der Waals surface area contributed by atoms with E-state index in [0.717, 1.165) is 30.0 Å². The Hall–Kier alpha value is -1.63. The van der Waals surface area contributed by atoms with E-state index in [0.29, 0.717) is 19.7 Å². The van der Waals surface area contributed by atoms with Gasteiger partial charge in [0.25, 0.3) is 0 Å². The summed E-state index contributed by atoms with van der Waals surface area (Å²) in [6, 6.07) is 5.98. The monoisotopic (exact) mass is 294 g/mol. The number of hydrogen-bond donors (Lipinski definition) is 1. The Morgan fingerprint density at radius 1 is 1.48 bits per heavy atom. The van der Waals surface area contributed by atoms with Crippen molar-refractivity contribution in [2.75, 3.05) is 33.9 Å². The van der Waals surface area contributed by atoms with Crippen molar-refractivity contribution in [3.63, 3.8) is 0 Å². The molecule has 1 fully saturated rings. The van der Waals surface area contributed by atoms with Crippen LogP contribution >= 0.6 is 0 Å². The molecule has 116 valence electrons. The lowest BCUT2D eigenvalue weighted by molar-refractivity contribution is -0.160. The molecule has 6 heteroatoms. The number of methoxy groups -OCH3 is 2. The fourth-order valence-electron chi connectivity index (χ4n) is 2.47. The molecule has 1 unspecified atom stereocenters. The Bertz CT molecular complexity index is 493. The number of benzene rings is 1. The quantitative estimate of drug-likeness (QED) is 0.799. The Morgan fingerprint density at radius 3 is 2.95 bits per heavy atom. The molecule has 0 spiro atoms. The maximum absolute atomic E-state index is 11.5. The number of rotatable bonds is 5. The van der Waals surface area contributed by atoms with Gasteiger partial charge in [0.2, 0.25) is 0 Å². The second-order valence-corrected chi connectivity index (χ2v) is 4.97. The van der Waals surface area contributed by atoms with Crippen LogP contribution in [0.4, 0.5) is 0 Å². The van der Waals surface area contributed by atoms with Crippen molar-refractivity contribution in [2.24, 2.45) is 5.73 Å². The summed E-state index contributed by atoms with van der Waals surface area (Å²) in [5.74, 6) is 0.479.